The van der Waals surface area contributed by atoms with Crippen molar-refractivity contribution < 1.29 is 14.0 Å². The number of furan rings is 1. The van der Waals surface area contributed by atoms with Crippen LogP contribution in [0.5, 0.6) is 0 Å². The van der Waals surface area contributed by atoms with E-state index in [0.29, 0.717) is 12.2 Å². The number of likely N-dealkylation sites (N-methyl/N-ethyl adjacent to an activating group) is 2. The van der Waals surface area contributed by atoms with Gasteiger partial charge in [0.25, 0.3) is 5.91 Å². The summed E-state index contributed by atoms with van der Waals surface area (Å²) in [6, 6.07) is 11.5. The molecule has 1 aromatic carbocycles. The Kier molecular flexibility index (Phi) is 5.71. The largest absolute Gasteiger partial charge is 0.467 e. The summed E-state index contributed by atoms with van der Waals surface area (Å²) in [5, 5.41) is 8.63. The maximum atomic E-state index is 12.9. The molecule has 0 saturated heterocycles. The van der Waals surface area contributed by atoms with Crippen molar-refractivity contribution in [3.8, 4) is 0 Å². The maximum Gasteiger partial charge on any atom is 0.257 e. The molecule has 1 unspecified atom stereocenters. The number of nitrogens with one attached hydrogen (secondary N) is 1. The molecule has 0 bridgehead atoms. The Bertz CT molecular complexity index is 827. The smallest absolute Gasteiger partial charge is 0.257 e. The second-order valence-corrected chi connectivity index (χ2v) is 6.73. The van der Waals surface area contributed by atoms with Gasteiger partial charge in [0, 0.05) is 13.5 Å². The summed E-state index contributed by atoms with van der Waals surface area (Å²) in [4.78, 5) is 26.1. The normalized spacial score (nSPS) is 16.5. The highest BCUT2D eigenvalue weighted by Gasteiger charge is 2.35. The van der Waals surface area contributed by atoms with Gasteiger partial charge in [-0.2, -0.15) is 5.10 Å². The van der Waals surface area contributed by atoms with Gasteiger partial charge in [-0.1, -0.05) is 29.8 Å². The summed E-state index contributed by atoms with van der Waals surface area (Å²) in [5.41, 5.74) is 3.01. The van der Waals surface area contributed by atoms with Crippen molar-refractivity contribution in [1.82, 2.24) is 15.2 Å². The highest BCUT2D eigenvalue weighted by Crippen LogP contribution is 2.33. The average molecular weight is 368 g/mol. The van der Waals surface area contributed by atoms with Crippen LogP contribution in [0.3, 0.4) is 0 Å². The van der Waals surface area contributed by atoms with Crippen molar-refractivity contribution >= 4 is 17.5 Å². The molecule has 2 aromatic rings. The van der Waals surface area contributed by atoms with E-state index < -0.39 is 0 Å². The van der Waals surface area contributed by atoms with Crippen LogP contribution in [0.15, 0.2) is 52.2 Å². The van der Waals surface area contributed by atoms with Gasteiger partial charge in [0.1, 0.15) is 11.8 Å². The van der Waals surface area contributed by atoms with Gasteiger partial charge in [-0.05, 0) is 31.7 Å². The van der Waals surface area contributed by atoms with E-state index in [9.17, 15) is 9.59 Å². The van der Waals surface area contributed by atoms with E-state index in [1.54, 1.807) is 31.3 Å². The van der Waals surface area contributed by atoms with Crippen molar-refractivity contribution in [1.29, 1.82) is 0 Å². The summed E-state index contributed by atoms with van der Waals surface area (Å²) < 4.78 is 5.54. The Morgan fingerprint density at radius 1 is 1.26 bits per heavy atom. The lowest BCUT2D eigenvalue weighted by atomic mass is 10.0. The molecule has 1 atom stereocenters. The van der Waals surface area contributed by atoms with Crippen LogP contribution in [-0.2, 0) is 9.59 Å². The number of hydrazone groups is 1. The molecule has 1 aliphatic heterocycles. The second kappa shape index (κ2) is 8.18. The fraction of sp³-hybridized carbons (Fsp3) is 0.350. The van der Waals surface area contributed by atoms with E-state index in [4.69, 9.17) is 4.42 Å². The first-order valence-corrected chi connectivity index (χ1v) is 8.87. The van der Waals surface area contributed by atoms with Crippen LogP contribution in [0, 0.1) is 6.92 Å². The molecule has 2 amide bonds. The molecule has 7 heteroatoms. The highest BCUT2D eigenvalue weighted by atomic mass is 16.3. The van der Waals surface area contributed by atoms with Crippen LogP contribution in [-0.4, -0.2) is 54.6 Å². The third-order valence-corrected chi connectivity index (χ3v) is 4.52. The number of nitrogens with zero attached hydrogens (tertiary/aromatic N) is 3. The van der Waals surface area contributed by atoms with Gasteiger partial charge in [-0.15, -0.1) is 0 Å². The lowest BCUT2D eigenvalue weighted by Crippen LogP contribution is -2.40. The summed E-state index contributed by atoms with van der Waals surface area (Å²) in [7, 11) is 3.30. The van der Waals surface area contributed by atoms with Gasteiger partial charge >= 0.3 is 0 Å². The molecule has 27 heavy (non-hydrogen) atoms. The SMILES string of the molecule is CNC(=O)CN(C)CC(=O)N1N=C(c2ccc(C)cc2)CC1c1ccco1. The first-order valence-electron chi connectivity index (χ1n) is 8.87. The molecular weight excluding hydrogens is 344 g/mol. The molecule has 1 N–H and O–H groups in total. The Balaban J connectivity index is 1.80. The lowest BCUT2D eigenvalue weighted by Gasteiger charge is -2.23. The number of hydrogen-bond donors (Lipinski definition) is 1. The minimum absolute atomic E-state index is 0.0926. The Hall–Kier alpha value is -2.93. The van der Waals surface area contributed by atoms with Crippen LogP contribution in [0.25, 0.3) is 0 Å². The molecule has 3 rings (SSSR count). The van der Waals surface area contributed by atoms with Crippen molar-refractivity contribution in [2.75, 3.05) is 27.2 Å². The van der Waals surface area contributed by atoms with Gasteiger partial charge in [0.05, 0.1) is 25.1 Å². The van der Waals surface area contributed by atoms with Crippen LogP contribution in [0.2, 0.25) is 0 Å². The number of benzene rings is 1. The Morgan fingerprint density at radius 2 is 2.00 bits per heavy atom. The van der Waals surface area contributed by atoms with Gasteiger partial charge in [-0.3, -0.25) is 14.5 Å². The predicted octanol–water partition coefficient (Wildman–Crippen LogP) is 1.94. The number of hydrogen-bond acceptors (Lipinski definition) is 5. The zero-order valence-electron chi connectivity index (χ0n) is 15.8. The molecule has 0 aliphatic carbocycles. The topological polar surface area (TPSA) is 78.2 Å². The van der Waals surface area contributed by atoms with Crippen molar-refractivity contribution in [2.24, 2.45) is 5.10 Å². The van der Waals surface area contributed by atoms with Crippen molar-refractivity contribution in [3.05, 3.63) is 59.5 Å². The van der Waals surface area contributed by atoms with E-state index in [2.05, 4.69) is 10.4 Å². The fourth-order valence-electron chi connectivity index (χ4n) is 3.05. The summed E-state index contributed by atoms with van der Waals surface area (Å²) >= 11 is 0. The Morgan fingerprint density at radius 3 is 2.63 bits per heavy atom. The minimum atomic E-state index is -0.280. The molecule has 7 nitrogen and oxygen atoms in total. The van der Waals surface area contributed by atoms with Crippen LogP contribution in [0.4, 0.5) is 0 Å². The standard InChI is InChI=1S/C20H24N4O3/c1-14-6-8-15(9-7-14)16-11-17(18-5-4-10-27-18)24(22-16)20(26)13-23(3)12-19(25)21-2/h4-10,17H,11-13H2,1-3H3,(H,21,25). The van der Waals surface area contributed by atoms with Crippen molar-refractivity contribution in [3.63, 3.8) is 0 Å². The van der Waals surface area contributed by atoms with Gasteiger partial charge in [0.2, 0.25) is 5.91 Å². The van der Waals surface area contributed by atoms with Gasteiger partial charge < -0.3 is 9.73 Å². The van der Waals surface area contributed by atoms with E-state index in [-0.39, 0.29) is 30.9 Å². The average Bonchev–Trinajstić information content (AvgIpc) is 3.31. The molecule has 0 fully saturated rings. The lowest BCUT2D eigenvalue weighted by molar-refractivity contribution is -0.134. The summed E-state index contributed by atoms with van der Waals surface area (Å²) in [5.74, 6) is 0.381. The van der Waals surface area contributed by atoms with E-state index in [1.165, 1.54) is 10.6 Å². The molecule has 142 valence electrons. The molecule has 1 aromatic heterocycles. The molecule has 0 saturated carbocycles. The number of aryl methyl sites for hydroxylation is 1. The summed E-state index contributed by atoms with van der Waals surface area (Å²) in [6.07, 6.45) is 2.18. The third-order valence-electron chi connectivity index (χ3n) is 4.52. The summed E-state index contributed by atoms with van der Waals surface area (Å²) in [6.45, 7) is 2.27. The number of rotatable bonds is 6. The first-order chi connectivity index (χ1) is 13.0. The zero-order valence-corrected chi connectivity index (χ0v) is 15.8. The number of amides is 2. The molecule has 1 aliphatic rings. The highest BCUT2D eigenvalue weighted by molar-refractivity contribution is 6.03. The monoisotopic (exact) mass is 368 g/mol. The molecule has 2 heterocycles. The quantitative estimate of drug-likeness (QED) is 0.845. The van der Waals surface area contributed by atoms with Gasteiger partial charge in [-0.25, -0.2) is 5.01 Å². The van der Waals surface area contributed by atoms with Gasteiger partial charge in [0.15, 0.2) is 0 Å². The maximum absolute atomic E-state index is 12.9. The first kappa shape index (κ1) is 18.8. The van der Waals surface area contributed by atoms with E-state index >= 15 is 0 Å². The van der Waals surface area contributed by atoms with E-state index in [1.807, 2.05) is 37.3 Å². The van der Waals surface area contributed by atoms with Crippen molar-refractivity contribution in [2.45, 2.75) is 19.4 Å². The second-order valence-electron chi connectivity index (χ2n) is 6.73. The Labute approximate surface area is 158 Å². The fourth-order valence-corrected chi connectivity index (χ4v) is 3.05. The zero-order chi connectivity index (χ0) is 19.4. The molecule has 0 radical (unpaired) electrons. The number of carbonyl (C=O) groups excluding carboxylic acids is 2. The number of carbonyl (C=O) groups is 2. The third kappa shape index (κ3) is 4.43. The van der Waals surface area contributed by atoms with Crippen LogP contribution in [0.1, 0.15) is 29.3 Å². The van der Waals surface area contributed by atoms with Crippen LogP contribution < -0.4 is 5.32 Å². The predicted molar refractivity (Wildman–Crippen MR) is 102 cm³/mol. The van der Waals surface area contributed by atoms with Crippen LogP contribution >= 0.6 is 0 Å². The van der Waals surface area contributed by atoms with E-state index in [0.717, 1.165) is 11.3 Å². The minimum Gasteiger partial charge on any atom is -0.467 e. The molecular formula is C20H24N4O3. The molecule has 0 spiro atoms.